The summed E-state index contributed by atoms with van der Waals surface area (Å²) in [6.45, 7) is 5.83. The normalized spacial score (nSPS) is 10.5. The Morgan fingerprint density at radius 2 is 1.67 bits per heavy atom. The summed E-state index contributed by atoms with van der Waals surface area (Å²) in [5, 5.41) is 2.82. The number of nitrogens with one attached hydrogen (secondary N) is 1. The Morgan fingerprint density at radius 1 is 1.00 bits per heavy atom. The number of carbonyl (C=O) groups excluding carboxylic acids is 2. The van der Waals surface area contributed by atoms with Gasteiger partial charge in [0.2, 0.25) is 5.91 Å². The number of amides is 1. The van der Waals surface area contributed by atoms with Gasteiger partial charge in [-0.25, -0.2) is 0 Å². The number of Topliss-reactive ketones (excluding diaryl/α,β-unsaturated/α-hetero) is 1. The van der Waals surface area contributed by atoms with Gasteiger partial charge in [0.15, 0.2) is 5.78 Å². The number of benzene rings is 2. The van der Waals surface area contributed by atoms with Crippen molar-refractivity contribution < 1.29 is 14.3 Å². The number of rotatable bonds is 7. The number of aryl methyl sites for hydroxylation is 1. The smallest absolute Gasteiger partial charge is 0.224 e. The third-order valence-electron chi connectivity index (χ3n) is 3.48. The van der Waals surface area contributed by atoms with Crippen molar-refractivity contribution in [1.29, 1.82) is 0 Å². The molecule has 2 rings (SSSR count). The van der Waals surface area contributed by atoms with Crippen LogP contribution in [0.1, 0.15) is 42.6 Å². The van der Waals surface area contributed by atoms with Crippen molar-refractivity contribution in [1.82, 2.24) is 0 Å². The fourth-order valence-corrected chi connectivity index (χ4v) is 2.25. The van der Waals surface area contributed by atoms with E-state index < -0.39 is 0 Å². The predicted octanol–water partition coefficient (Wildman–Crippen LogP) is 4.38. The number of carbonyl (C=O) groups is 2. The van der Waals surface area contributed by atoms with Crippen LogP contribution in [0.25, 0.3) is 0 Å². The van der Waals surface area contributed by atoms with Crippen LogP contribution in [0, 0.1) is 6.92 Å². The minimum atomic E-state index is -0.199. The molecule has 0 unspecified atom stereocenters. The molecule has 0 heterocycles. The first-order valence-corrected chi connectivity index (χ1v) is 8.11. The maximum absolute atomic E-state index is 12.1. The van der Waals surface area contributed by atoms with Gasteiger partial charge in [-0.2, -0.15) is 0 Å². The average Bonchev–Trinajstić information content (AvgIpc) is 2.54. The molecule has 1 amide bonds. The zero-order chi connectivity index (χ0) is 17.5. The molecule has 0 aliphatic heterocycles. The minimum absolute atomic E-state index is 0.0196. The quantitative estimate of drug-likeness (QED) is 0.768. The van der Waals surface area contributed by atoms with Crippen LogP contribution in [0.15, 0.2) is 48.5 Å². The second kappa shape index (κ2) is 8.29. The van der Waals surface area contributed by atoms with Crippen LogP contribution in [-0.2, 0) is 4.79 Å². The molecular weight excluding hydrogens is 302 g/mol. The van der Waals surface area contributed by atoms with Crippen molar-refractivity contribution >= 4 is 17.4 Å². The lowest BCUT2D eigenvalue weighted by Crippen LogP contribution is -2.15. The number of anilines is 1. The molecule has 24 heavy (non-hydrogen) atoms. The Labute approximate surface area is 142 Å². The van der Waals surface area contributed by atoms with Crippen molar-refractivity contribution in [2.45, 2.75) is 39.7 Å². The summed E-state index contributed by atoms with van der Waals surface area (Å²) in [4.78, 5) is 24.2. The molecule has 0 saturated heterocycles. The van der Waals surface area contributed by atoms with E-state index >= 15 is 0 Å². The summed E-state index contributed by atoms with van der Waals surface area (Å²) in [7, 11) is 0. The minimum Gasteiger partial charge on any atom is -0.489 e. The molecule has 1 N–H and O–H groups in total. The van der Waals surface area contributed by atoms with E-state index in [0.29, 0.717) is 17.0 Å². The molecule has 0 aliphatic carbocycles. The molecule has 126 valence electrons. The molecule has 0 fully saturated rings. The largest absolute Gasteiger partial charge is 0.489 e. The SMILES string of the molecule is Cc1ccc(C(=O)CCC(=O)Nc2ccccc2OC(C)C)cc1. The van der Waals surface area contributed by atoms with Crippen LogP contribution in [0.2, 0.25) is 0 Å². The highest BCUT2D eigenvalue weighted by molar-refractivity contribution is 6.00. The van der Waals surface area contributed by atoms with E-state index in [4.69, 9.17) is 4.74 Å². The monoisotopic (exact) mass is 325 g/mol. The molecule has 0 saturated carbocycles. The molecule has 2 aromatic rings. The van der Waals surface area contributed by atoms with Crippen LogP contribution in [-0.4, -0.2) is 17.8 Å². The lowest BCUT2D eigenvalue weighted by atomic mass is 10.0. The maximum atomic E-state index is 12.1. The van der Waals surface area contributed by atoms with Crippen LogP contribution in [0.4, 0.5) is 5.69 Å². The Morgan fingerprint density at radius 3 is 2.33 bits per heavy atom. The Hall–Kier alpha value is -2.62. The van der Waals surface area contributed by atoms with Gasteiger partial charge in [0.1, 0.15) is 5.75 Å². The maximum Gasteiger partial charge on any atom is 0.224 e. The van der Waals surface area contributed by atoms with Gasteiger partial charge >= 0.3 is 0 Å². The van der Waals surface area contributed by atoms with Crippen LogP contribution < -0.4 is 10.1 Å². The Kier molecular flexibility index (Phi) is 6.13. The van der Waals surface area contributed by atoms with Crippen LogP contribution in [0.5, 0.6) is 5.75 Å². The summed E-state index contributed by atoms with van der Waals surface area (Å²) in [6.07, 6.45) is 0.344. The highest BCUT2D eigenvalue weighted by atomic mass is 16.5. The van der Waals surface area contributed by atoms with E-state index in [1.54, 1.807) is 18.2 Å². The number of ketones is 1. The molecule has 2 aromatic carbocycles. The number of ether oxygens (including phenoxy) is 1. The second-order valence-electron chi connectivity index (χ2n) is 6.00. The van der Waals surface area contributed by atoms with E-state index in [9.17, 15) is 9.59 Å². The van der Waals surface area contributed by atoms with Crippen LogP contribution in [0.3, 0.4) is 0 Å². The van der Waals surface area contributed by atoms with E-state index in [1.807, 2.05) is 51.1 Å². The van der Waals surface area contributed by atoms with E-state index in [2.05, 4.69) is 5.32 Å². The predicted molar refractivity (Wildman–Crippen MR) is 95.6 cm³/mol. The molecule has 0 aromatic heterocycles. The highest BCUT2D eigenvalue weighted by Crippen LogP contribution is 2.25. The number of para-hydroxylation sites is 2. The van der Waals surface area contributed by atoms with Gasteiger partial charge in [-0.05, 0) is 32.9 Å². The summed E-state index contributed by atoms with van der Waals surface area (Å²) in [6, 6.07) is 14.7. The third kappa shape index (κ3) is 5.23. The lowest BCUT2D eigenvalue weighted by molar-refractivity contribution is -0.116. The fourth-order valence-electron chi connectivity index (χ4n) is 2.25. The van der Waals surface area contributed by atoms with Gasteiger partial charge in [-0.3, -0.25) is 9.59 Å². The summed E-state index contributed by atoms with van der Waals surface area (Å²) >= 11 is 0. The van der Waals surface area contributed by atoms with Gasteiger partial charge in [-0.1, -0.05) is 42.0 Å². The van der Waals surface area contributed by atoms with Gasteiger partial charge < -0.3 is 10.1 Å². The van der Waals surface area contributed by atoms with Crippen molar-refractivity contribution in [2.24, 2.45) is 0 Å². The molecule has 4 heteroatoms. The van der Waals surface area contributed by atoms with Gasteiger partial charge in [0, 0.05) is 18.4 Å². The first kappa shape index (κ1) is 17.7. The number of hydrogen-bond donors (Lipinski definition) is 1. The molecule has 4 nitrogen and oxygen atoms in total. The second-order valence-corrected chi connectivity index (χ2v) is 6.00. The lowest BCUT2D eigenvalue weighted by Gasteiger charge is -2.14. The van der Waals surface area contributed by atoms with E-state index in [-0.39, 0.29) is 30.6 Å². The van der Waals surface area contributed by atoms with E-state index in [0.717, 1.165) is 5.56 Å². The third-order valence-corrected chi connectivity index (χ3v) is 3.48. The molecular formula is C20H23NO3. The number of hydrogen-bond acceptors (Lipinski definition) is 3. The topological polar surface area (TPSA) is 55.4 Å². The van der Waals surface area contributed by atoms with Crippen molar-refractivity contribution in [3.8, 4) is 5.75 Å². The van der Waals surface area contributed by atoms with Crippen molar-refractivity contribution in [2.75, 3.05) is 5.32 Å². The molecule has 0 radical (unpaired) electrons. The summed E-state index contributed by atoms with van der Waals surface area (Å²) in [5.41, 5.74) is 2.36. The average molecular weight is 325 g/mol. The first-order valence-electron chi connectivity index (χ1n) is 8.11. The highest BCUT2D eigenvalue weighted by Gasteiger charge is 2.12. The zero-order valence-corrected chi connectivity index (χ0v) is 14.3. The standard InChI is InChI=1S/C20H23NO3/c1-14(2)24-19-7-5-4-6-17(19)21-20(23)13-12-18(22)16-10-8-15(3)9-11-16/h4-11,14H,12-13H2,1-3H3,(H,21,23). The summed E-state index contributed by atoms with van der Waals surface area (Å²) < 4.78 is 5.67. The van der Waals surface area contributed by atoms with Crippen molar-refractivity contribution in [3.63, 3.8) is 0 Å². The zero-order valence-electron chi connectivity index (χ0n) is 14.3. The molecule has 0 spiro atoms. The van der Waals surface area contributed by atoms with Crippen LogP contribution >= 0.6 is 0 Å². The molecule has 0 bridgehead atoms. The Balaban J connectivity index is 1.92. The van der Waals surface area contributed by atoms with Gasteiger partial charge in [0.05, 0.1) is 11.8 Å². The fraction of sp³-hybridized carbons (Fsp3) is 0.300. The Bertz CT molecular complexity index is 705. The first-order chi connectivity index (χ1) is 11.5. The summed E-state index contributed by atoms with van der Waals surface area (Å²) in [5.74, 6) is 0.401. The van der Waals surface area contributed by atoms with E-state index in [1.165, 1.54) is 0 Å². The molecule has 0 atom stereocenters. The molecule has 0 aliphatic rings. The van der Waals surface area contributed by atoms with Gasteiger partial charge in [0.25, 0.3) is 0 Å². The van der Waals surface area contributed by atoms with Gasteiger partial charge in [-0.15, -0.1) is 0 Å². The van der Waals surface area contributed by atoms with Crippen molar-refractivity contribution in [3.05, 3.63) is 59.7 Å².